The standard InChI is InChI=1S/C15H11F4N5O/c16-9-5-10(17)14(19)8(13(9)18)6-20-15(25)21-7-11-22-12-3-1-2-4-24(12)23-11/h1-5H,6-7H2,(H2,20,21,25). The highest BCUT2D eigenvalue weighted by atomic mass is 19.2. The van der Waals surface area contributed by atoms with E-state index in [0.717, 1.165) is 0 Å². The Morgan fingerprint density at radius 2 is 1.72 bits per heavy atom. The van der Waals surface area contributed by atoms with Gasteiger partial charge in [0.1, 0.15) is 0 Å². The molecule has 0 radical (unpaired) electrons. The van der Waals surface area contributed by atoms with Crippen molar-refractivity contribution >= 4 is 11.7 Å². The third-order valence-corrected chi connectivity index (χ3v) is 3.32. The van der Waals surface area contributed by atoms with Gasteiger partial charge in [-0.1, -0.05) is 6.07 Å². The van der Waals surface area contributed by atoms with Crippen LogP contribution < -0.4 is 10.6 Å². The minimum Gasteiger partial charge on any atom is -0.334 e. The summed E-state index contributed by atoms with van der Waals surface area (Å²) in [5.41, 5.74) is -0.322. The Bertz CT molecular complexity index is 884. The molecule has 2 heterocycles. The van der Waals surface area contributed by atoms with Crippen LogP contribution in [0, 0.1) is 23.3 Å². The Kier molecular flexibility index (Phi) is 4.50. The van der Waals surface area contributed by atoms with Crippen LogP contribution in [0.15, 0.2) is 30.5 Å². The first-order valence-electron chi connectivity index (χ1n) is 7.09. The third kappa shape index (κ3) is 3.52. The molecular formula is C15H11F4N5O. The Labute approximate surface area is 138 Å². The first-order valence-corrected chi connectivity index (χ1v) is 7.09. The molecule has 6 nitrogen and oxygen atoms in total. The molecule has 0 fully saturated rings. The molecule has 3 rings (SSSR count). The maximum absolute atomic E-state index is 13.5. The summed E-state index contributed by atoms with van der Waals surface area (Å²) in [5, 5.41) is 8.59. The summed E-state index contributed by atoms with van der Waals surface area (Å²) in [6.07, 6.45) is 1.68. The molecule has 0 aliphatic rings. The lowest BCUT2D eigenvalue weighted by Crippen LogP contribution is -2.35. The number of aromatic nitrogens is 3. The largest absolute Gasteiger partial charge is 0.334 e. The summed E-state index contributed by atoms with van der Waals surface area (Å²) in [4.78, 5) is 15.8. The van der Waals surface area contributed by atoms with Gasteiger partial charge in [-0.25, -0.2) is 31.9 Å². The highest BCUT2D eigenvalue weighted by Gasteiger charge is 2.19. The van der Waals surface area contributed by atoms with Crippen LogP contribution in [0.1, 0.15) is 11.4 Å². The van der Waals surface area contributed by atoms with Crippen LogP contribution in [0.5, 0.6) is 0 Å². The molecule has 2 amide bonds. The van der Waals surface area contributed by atoms with Crippen molar-refractivity contribution in [2.75, 3.05) is 0 Å². The van der Waals surface area contributed by atoms with Crippen LogP contribution in [-0.2, 0) is 13.1 Å². The van der Waals surface area contributed by atoms with E-state index in [1.54, 1.807) is 24.4 Å². The number of nitrogens with one attached hydrogen (secondary N) is 2. The van der Waals surface area contributed by atoms with Crippen LogP contribution in [0.2, 0.25) is 0 Å². The van der Waals surface area contributed by atoms with Gasteiger partial charge < -0.3 is 10.6 Å². The van der Waals surface area contributed by atoms with Gasteiger partial charge >= 0.3 is 6.03 Å². The molecule has 10 heteroatoms. The SMILES string of the molecule is O=C(NCc1nc2ccccn2n1)NCc1c(F)c(F)cc(F)c1F. The van der Waals surface area contributed by atoms with E-state index in [9.17, 15) is 22.4 Å². The number of fused-ring (bicyclic) bond motifs is 1. The van der Waals surface area contributed by atoms with Crippen LogP contribution in [0.4, 0.5) is 22.4 Å². The molecule has 0 atom stereocenters. The monoisotopic (exact) mass is 353 g/mol. The van der Waals surface area contributed by atoms with E-state index in [4.69, 9.17) is 0 Å². The van der Waals surface area contributed by atoms with E-state index in [0.29, 0.717) is 11.5 Å². The summed E-state index contributed by atoms with van der Waals surface area (Å²) in [6.45, 7) is -0.771. The molecule has 0 spiro atoms. The molecule has 0 aliphatic carbocycles. The van der Waals surface area contributed by atoms with E-state index in [1.807, 2.05) is 0 Å². The van der Waals surface area contributed by atoms with Gasteiger partial charge in [0.25, 0.3) is 0 Å². The lowest BCUT2D eigenvalue weighted by atomic mass is 10.2. The summed E-state index contributed by atoms with van der Waals surface area (Å²) in [5.74, 6) is -5.87. The summed E-state index contributed by atoms with van der Waals surface area (Å²) in [6, 6.07) is 4.55. The third-order valence-electron chi connectivity index (χ3n) is 3.32. The number of hydrogen-bond donors (Lipinski definition) is 2. The lowest BCUT2D eigenvalue weighted by molar-refractivity contribution is 0.239. The summed E-state index contributed by atoms with van der Waals surface area (Å²) in [7, 11) is 0. The molecule has 0 saturated heterocycles. The van der Waals surface area contributed by atoms with Crippen molar-refractivity contribution in [3.8, 4) is 0 Å². The predicted octanol–water partition coefficient (Wildman–Crippen LogP) is 2.29. The average Bonchev–Trinajstić information content (AvgIpc) is 3.01. The Balaban J connectivity index is 1.60. The quantitative estimate of drug-likeness (QED) is 0.558. The van der Waals surface area contributed by atoms with Crippen molar-refractivity contribution in [2.24, 2.45) is 0 Å². The van der Waals surface area contributed by atoms with Crippen molar-refractivity contribution in [3.05, 3.63) is 65.1 Å². The topological polar surface area (TPSA) is 71.3 Å². The van der Waals surface area contributed by atoms with Gasteiger partial charge in [-0.15, -0.1) is 5.10 Å². The normalized spacial score (nSPS) is 10.9. The number of halogens is 4. The molecule has 0 saturated carbocycles. The van der Waals surface area contributed by atoms with Crippen LogP contribution in [0.3, 0.4) is 0 Å². The second-order valence-electron chi connectivity index (χ2n) is 5.01. The van der Waals surface area contributed by atoms with E-state index < -0.39 is 41.4 Å². The first kappa shape index (κ1) is 16.7. The zero-order chi connectivity index (χ0) is 18.0. The number of urea groups is 1. The minimum absolute atomic E-state index is 0.0456. The predicted molar refractivity (Wildman–Crippen MR) is 78.3 cm³/mol. The summed E-state index contributed by atoms with van der Waals surface area (Å²) >= 11 is 0. The Hall–Kier alpha value is -3.17. The molecule has 1 aromatic carbocycles. The number of hydrogen-bond acceptors (Lipinski definition) is 3. The van der Waals surface area contributed by atoms with Crippen molar-refractivity contribution in [3.63, 3.8) is 0 Å². The molecule has 3 aromatic rings. The number of carbonyl (C=O) groups excluding carboxylic acids is 1. The average molecular weight is 353 g/mol. The first-order chi connectivity index (χ1) is 12.0. The van der Waals surface area contributed by atoms with Gasteiger partial charge in [0.05, 0.1) is 13.1 Å². The highest BCUT2D eigenvalue weighted by molar-refractivity contribution is 5.73. The molecule has 2 N–H and O–H groups in total. The van der Waals surface area contributed by atoms with Gasteiger partial charge in [0.15, 0.2) is 34.7 Å². The van der Waals surface area contributed by atoms with Crippen molar-refractivity contribution in [1.82, 2.24) is 25.2 Å². The molecule has 25 heavy (non-hydrogen) atoms. The molecule has 2 aromatic heterocycles. The minimum atomic E-state index is -1.55. The van der Waals surface area contributed by atoms with Crippen LogP contribution in [0.25, 0.3) is 5.65 Å². The number of carbonyl (C=O) groups is 1. The molecule has 130 valence electrons. The molecular weight excluding hydrogens is 342 g/mol. The highest BCUT2D eigenvalue weighted by Crippen LogP contribution is 2.18. The number of benzene rings is 1. The van der Waals surface area contributed by atoms with E-state index in [1.165, 1.54) is 4.52 Å². The molecule has 0 aliphatic heterocycles. The fourth-order valence-electron chi connectivity index (χ4n) is 2.12. The van der Waals surface area contributed by atoms with Crippen LogP contribution in [-0.4, -0.2) is 20.6 Å². The zero-order valence-corrected chi connectivity index (χ0v) is 12.6. The summed E-state index contributed by atoms with van der Waals surface area (Å²) < 4.78 is 54.7. The number of amides is 2. The smallest absolute Gasteiger partial charge is 0.315 e. The Morgan fingerprint density at radius 1 is 1.04 bits per heavy atom. The van der Waals surface area contributed by atoms with Gasteiger partial charge in [0.2, 0.25) is 0 Å². The fourth-order valence-corrected chi connectivity index (χ4v) is 2.12. The number of rotatable bonds is 4. The zero-order valence-electron chi connectivity index (χ0n) is 12.6. The van der Waals surface area contributed by atoms with Gasteiger partial charge in [-0.3, -0.25) is 0 Å². The van der Waals surface area contributed by atoms with Crippen molar-refractivity contribution in [1.29, 1.82) is 0 Å². The second kappa shape index (κ2) is 6.75. The van der Waals surface area contributed by atoms with Crippen molar-refractivity contribution in [2.45, 2.75) is 13.1 Å². The van der Waals surface area contributed by atoms with Gasteiger partial charge in [0, 0.05) is 17.8 Å². The van der Waals surface area contributed by atoms with Gasteiger partial charge in [-0.05, 0) is 12.1 Å². The van der Waals surface area contributed by atoms with Crippen molar-refractivity contribution < 1.29 is 22.4 Å². The molecule has 0 unspecified atom stereocenters. The second-order valence-corrected chi connectivity index (χ2v) is 5.01. The Morgan fingerprint density at radius 3 is 2.40 bits per heavy atom. The number of pyridine rings is 1. The maximum Gasteiger partial charge on any atom is 0.315 e. The van der Waals surface area contributed by atoms with E-state index in [-0.39, 0.29) is 12.6 Å². The van der Waals surface area contributed by atoms with Crippen LogP contribution >= 0.6 is 0 Å². The fraction of sp³-hybridized carbons (Fsp3) is 0.133. The lowest BCUT2D eigenvalue weighted by Gasteiger charge is -2.09. The van der Waals surface area contributed by atoms with Gasteiger partial charge in [-0.2, -0.15) is 0 Å². The van der Waals surface area contributed by atoms with E-state index in [2.05, 4.69) is 20.7 Å². The number of nitrogens with zero attached hydrogens (tertiary/aromatic N) is 3. The van der Waals surface area contributed by atoms with E-state index >= 15 is 0 Å². The molecule has 0 bridgehead atoms. The maximum atomic E-state index is 13.5.